The van der Waals surface area contributed by atoms with Crippen molar-refractivity contribution < 1.29 is 32.6 Å². The molecule has 0 saturated carbocycles. The first-order chi connectivity index (χ1) is 14.7. The van der Waals surface area contributed by atoms with E-state index in [1.165, 1.54) is 31.2 Å². The second-order valence-electron chi connectivity index (χ2n) is 6.85. The molecule has 1 aliphatic rings. The summed E-state index contributed by atoms with van der Waals surface area (Å²) in [5.41, 5.74) is -0.598. The maximum Gasteiger partial charge on any atom is 0.387 e. The molecule has 0 unspecified atom stereocenters. The number of carbonyl (C=O) groups excluding carboxylic acids is 3. The topological polar surface area (TPSA) is 97.0 Å². The number of nitrogens with one attached hydrogen (secondary N) is 2. The number of carbonyl (C=O) groups is 3. The van der Waals surface area contributed by atoms with Gasteiger partial charge in [-0.15, -0.1) is 0 Å². The molecule has 2 aromatic rings. The van der Waals surface area contributed by atoms with Crippen LogP contribution in [0.15, 0.2) is 48.5 Å². The van der Waals surface area contributed by atoms with E-state index in [0.29, 0.717) is 23.6 Å². The molecule has 1 saturated heterocycles. The van der Waals surface area contributed by atoms with Gasteiger partial charge in [-0.05, 0) is 55.8 Å². The SMILES string of the molecule is CCOc1ccc(NC(=O)CN2C(=O)N[C@](C)(c3ccc(OC(F)F)cc3)C2=O)cc1. The van der Waals surface area contributed by atoms with E-state index in [9.17, 15) is 23.2 Å². The number of benzene rings is 2. The highest BCUT2D eigenvalue weighted by molar-refractivity contribution is 6.10. The second-order valence-corrected chi connectivity index (χ2v) is 6.85. The van der Waals surface area contributed by atoms with Crippen LogP contribution in [0.4, 0.5) is 19.3 Å². The minimum Gasteiger partial charge on any atom is -0.494 e. The van der Waals surface area contributed by atoms with Crippen LogP contribution in [-0.2, 0) is 15.1 Å². The highest BCUT2D eigenvalue weighted by Gasteiger charge is 2.49. The zero-order chi connectivity index (χ0) is 22.6. The molecule has 0 spiro atoms. The number of alkyl halides is 2. The molecule has 0 aliphatic carbocycles. The van der Waals surface area contributed by atoms with Gasteiger partial charge < -0.3 is 20.1 Å². The average Bonchev–Trinajstić information content (AvgIpc) is 2.93. The maximum atomic E-state index is 12.9. The van der Waals surface area contributed by atoms with Crippen molar-refractivity contribution in [3.8, 4) is 11.5 Å². The summed E-state index contributed by atoms with van der Waals surface area (Å²) in [6.07, 6.45) is 0. The molecule has 2 N–H and O–H groups in total. The van der Waals surface area contributed by atoms with E-state index in [4.69, 9.17) is 4.74 Å². The molecule has 0 radical (unpaired) electrons. The Morgan fingerprint density at radius 1 is 1.10 bits per heavy atom. The Balaban J connectivity index is 1.67. The number of anilines is 1. The molecule has 0 bridgehead atoms. The third kappa shape index (κ3) is 4.90. The van der Waals surface area contributed by atoms with Gasteiger partial charge in [-0.2, -0.15) is 8.78 Å². The monoisotopic (exact) mass is 433 g/mol. The Morgan fingerprint density at radius 2 is 1.71 bits per heavy atom. The lowest BCUT2D eigenvalue weighted by Crippen LogP contribution is -2.42. The van der Waals surface area contributed by atoms with E-state index in [2.05, 4.69) is 15.4 Å². The van der Waals surface area contributed by atoms with Crippen molar-refractivity contribution in [1.82, 2.24) is 10.2 Å². The van der Waals surface area contributed by atoms with E-state index >= 15 is 0 Å². The molecule has 1 fully saturated rings. The van der Waals surface area contributed by atoms with Gasteiger partial charge in [0, 0.05) is 5.69 Å². The van der Waals surface area contributed by atoms with Crippen LogP contribution in [-0.4, -0.2) is 42.5 Å². The highest BCUT2D eigenvalue weighted by atomic mass is 19.3. The third-order valence-electron chi connectivity index (χ3n) is 4.68. The number of nitrogens with zero attached hydrogens (tertiary/aromatic N) is 1. The van der Waals surface area contributed by atoms with Crippen LogP contribution in [0, 0.1) is 0 Å². The Kier molecular flexibility index (Phi) is 6.38. The van der Waals surface area contributed by atoms with Crippen molar-refractivity contribution in [2.75, 3.05) is 18.5 Å². The largest absolute Gasteiger partial charge is 0.494 e. The van der Waals surface area contributed by atoms with Crippen molar-refractivity contribution >= 4 is 23.5 Å². The summed E-state index contributed by atoms with van der Waals surface area (Å²) in [7, 11) is 0. The van der Waals surface area contributed by atoms with E-state index in [0.717, 1.165) is 4.90 Å². The van der Waals surface area contributed by atoms with Gasteiger partial charge in [-0.1, -0.05) is 12.1 Å². The predicted molar refractivity (Wildman–Crippen MR) is 107 cm³/mol. The summed E-state index contributed by atoms with van der Waals surface area (Å²) in [5, 5.41) is 5.17. The van der Waals surface area contributed by atoms with E-state index in [1.54, 1.807) is 24.3 Å². The number of hydrogen-bond donors (Lipinski definition) is 2. The fourth-order valence-corrected chi connectivity index (χ4v) is 3.15. The number of rotatable bonds is 8. The lowest BCUT2D eigenvalue weighted by molar-refractivity contribution is -0.133. The van der Waals surface area contributed by atoms with Crippen molar-refractivity contribution in [2.24, 2.45) is 0 Å². The molecule has 1 heterocycles. The summed E-state index contributed by atoms with van der Waals surface area (Å²) in [6.45, 7) is 0.380. The smallest absolute Gasteiger partial charge is 0.387 e. The number of halogens is 2. The van der Waals surface area contributed by atoms with Crippen LogP contribution in [0.5, 0.6) is 11.5 Å². The Bertz CT molecular complexity index is 966. The molecule has 4 amide bonds. The lowest BCUT2D eigenvalue weighted by Gasteiger charge is -2.22. The molecule has 10 heteroatoms. The standard InChI is InChI=1S/C21H21F2N3O5/c1-3-30-15-10-6-14(7-11-15)24-17(27)12-26-18(28)21(2,25-20(26)29)13-4-8-16(9-5-13)31-19(22)23/h4-11,19H,3,12H2,1-2H3,(H,24,27)(H,25,29)/t21-/m1/s1. The molecule has 31 heavy (non-hydrogen) atoms. The molecular weight excluding hydrogens is 412 g/mol. The summed E-state index contributed by atoms with van der Waals surface area (Å²) in [4.78, 5) is 38.4. The normalized spacial score (nSPS) is 18.2. The molecule has 164 valence electrons. The Hall–Kier alpha value is -3.69. The predicted octanol–water partition coefficient (Wildman–Crippen LogP) is 3.09. The molecule has 1 atom stereocenters. The van der Waals surface area contributed by atoms with Gasteiger partial charge in [-0.25, -0.2) is 4.79 Å². The van der Waals surface area contributed by atoms with Crippen LogP contribution in [0.3, 0.4) is 0 Å². The van der Waals surface area contributed by atoms with Crippen LogP contribution < -0.4 is 20.1 Å². The van der Waals surface area contributed by atoms with Gasteiger partial charge in [0.2, 0.25) is 5.91 Å². The molecule has 8 nitrogen and oxygen atoms in total. The molecule has 0 aromatic heterocycles. The zero-order valence-corrected chi connectivity index (χ0v) is 16.9. The van der Waals surface area contributed by atoms with Gasteiger partial charge in [0.05, 0.1) is 6.61 Å². The van der Waals surface area contributed by atoms with Crippen LogP contribution >= 0.6 is 0 Å². The fourth-order valence-electron chi connectivity index (χ4n) is 3.15. The van der Waals surface area contributed by atoms with E-state index in [1.807, 2.05) is 6.92 Å². The van der Waals surface area contributed by atoms with E-state index < -0.39 is 36.5 Å². The van der Waals surface area contributed by atoms with Crippen LogP contribution in [0.2, 0.25) is 0 Å². The zero-order valence-electron chi connectivity index (χ0n) is 16.9. The quantitative estimate of drug-likeness (QED) is 0.624. The third-order valence-corrected chi connectivity index (χ3v) is 4.68. The van der Waals surface area contributed by atoms with Gasteiger partial charge >= 0.3 is 12.6 Å². The van der Waals surface area contributed by atoms with Crippen molar-refractivity contribution in [1.29, 1.82) is 0 Å². The number of ether oxygens (including phenoxy) is 2. The highest BCUT2D eigenvalue weighted by Crippen LogP contribution is 2.30. The summed E-state index contributed by atoms with van der Waals surface area (Å²) < 4.78 is 34.2. The van der Waals surface area contributed by atoms with Gasteiger partial charge in [0.25, 0.3) is 5.91 Å². The van der Waals surface area contributed by atoms with Gasteiger partial charge in [0.15, 0.2) is 0 Å². The molecule has 1 aliphatic heterocycles. The Labute approximate surface area is 177 Å². The first-order valence-corrected chi connectivity index (χ1v) is 9.45. The number of hydrogen-bond acceptors (Lipinski definition) is 5. The fraction of sp³-hybridized carbons (Fsp3) is 0.286. The van der Waals surface area contributed by atoms with E-state index in [-0.39, 0.29) is 5.75 Å². The van der Waals surface area contributed by atoms with Crippen molar-refractivity contribution in [3.63, 3.8) is 0 Å². The molecular formula is C21H21F2N3O5. The maximum absolute atomic E-state index is 12.9. The molecule has 3 rings (SSSR count). The second kappa shape index (κ2) is 8.99. The Morgan fingerprint density at radius 3 is 2.29 bits per heavy atom. The van der Waals surface area contributed by atoms with Gasteiger partial charge in [0.1, 0.15) is 23.6 Å². The first-order valence-electron chi connectivity index (χ1n) is 9.45. The summed E-state index contributed by atoms with van der Waals surface area (Å²) in [6, 6.07) is 11.3. The van der Waals surface area contributed by atoms with Gasteiger partial charge in [-0.3, -0.25) is 14.5 Å². The summed E-state index contributed by atoms with van der Waals surface area (Å²) in [5.74, 6) is -0.625. The lowest BCUT2D eigenvalue weighted by atomic mass is 9.92. The van der Waals surface area contributed by atoms with Crippen molar-refractivity contribution in [2.45, 2.75) is 26.0 Å². The summed E-state index contributed by atoms with van der Waals surface area (Å²) >= 11 is 0. The number of imide groups is 1. The number of urea groups is 1. The van der Waals surface area contributed by atoms with Crippen molar-refractivity contribution in [3.05, 3.63) is 54.1 Å². The minimum absolute atomic E-state index is 0.0780. The minimum atomic E-state index is -2.97. The molecule has 2 aromatic carbocycles. The first kappa shape index (κ1) is 22.0. The van der Waals surface area contributed by atoms with Crippen LogP contribution in [0.1, 0.15) is 19.4 Å². The number of amides is 4. The van der Waals surface area contributed by atoms with Crippen LogP contribution in [0.25, 0.3) is 0 Å². The average molecular weight is 433 g/mol.